The molecule has 0 atom stereocenters. The van der Waals surface area contributed by atoms with E-state index in [0.29, 0.717) is 44.1 Å². The predicted octanol–water partition coefficient (Wildman–Crippen LogP) is 1.95. The number of hydrogen-bond acceptors (Lipinski definition) is 3. The van der Waals surface area contributed by atoms with Gasteiger partial charge in [-0.25, -0.2) is 0 Å². The zero-order chi connectivity index (χ0) is 13.2. The summed E-state index contributed by atoms with van der Waals surface area (Å²) in [5.41, 5.74) is 0. The molecule has 1 aliphatic rings. The molecule has 1 amide bonds. The van der Waals surface area contributed by atoms with E-state index in [1.807, 2.05) is 6.92 Å². The van der Waals surface area contributed by atoms with E-state index in [1.165, 1.54) is 0 Å². The van der Waals surface area contributed by atoms with Crippen molar-refractivity contribution in [3.05, 3.63) is 0 Å². The molecule has 0 unspecified atom stereocenters. The van der Waals surface area contributed by atoms with Crippen molar-refractivity contribution in [3.63, 3.8) is 0 Å². The summed E-state index contributed by atoms with van der Waals surface area (Å²) in [5, 5.41) is 2.91. The summed E-state index contributed by atoms with van der Waals surface area (Å²) in [6, 6.07) is 0. The molecular formula is C13H24ClNO3. The number of halogens is 1. The van der Waals surface area contributed by atoms with E-state index < -0.39 is 0 Å². The number of carbonyl (C=O) groups is 1. The van der Waals surface area contributed by atoms with Crippen molar-refractivity contribution in [2.45, 2.75) is 38.7 Å². The van der Waals surface area contributed by atoms with Gasteiger partial charge in [0.1, 0.15) is 0 Å². The Labute approximate surface area is 114 Å². The third-order valence-electron chi connectivity index (χ3n) is 3.08. The highest BCUT2D eigenvalue weighted by Crippen LogP contribution is 2.32. The van der Waals surface area contributed by atoms with Crippen molar-refractivity contribution in [2.24, 2.45) is 5.92 Å². The van der Waals surface area contributed by atoms with Crippen LogP contribution in [0.1, 0.15) is 32.6 Å². The third-order valence-corrected chi connectivity index (χ3v) is 3.23. The van der Waals surface area contributed by atoms with Crippen molar-refractivity contribution in [1.82, 2.24) is 5.32 Å². The normalized spacial score (nSPS) is 22.6. The number of ether oxygens (including phenoxy) is 2. The van der Waals surface area contributed by atoms with Gasteiger partial charge in [0, 0.05) is 32.1 Å². The molecule has 106 valence electrons. The lowest BCUT2D eigenvalue weighted by Crippen LogP contribution is -2.36. The minimum absolute atomic E-state index is 0.146. The maximum absolute atomic E-state index is 11.6. The Morgan fingerprint density at radius 2 is 2.17 bits per heavy atom. The van der Waals surface area contributed by atoms with Gasteiger partial charge in [-0.2, -0.15) is 0 Å². The lowest BCUT2D eigenvalue weighted by Gasteiger charge is -2.34. The molecular weight excluding hydrogens is 254 g/mol. The van der Waals surface area contributed by atoms with Crippen LogP contribution in [0.4, 0.5) is 0 Å². The van der Waals surface area contributed by atoms with E-state index >= 15 is 0 Å². The second kappa shape index (κ2) is 9.59. The first-order chi connectivity index (χ1) is 8.76. The van der Waals surface area contributed by atoms with Crippen molar-refractivity contribution >= 4 is 17.5 Å². The highest BCUT2D eigenvalue weighted by atomic mass is 35.5. The SMILES string of the molecule is CCOC1CC(CC(=O)NCCCOCCCl)C1. The molecule has 1 fully saturated rings. The fourth-order valence-corrected chi connectivity index (χ4v) is 2.22. The van der Waals surface area contributed by atoms with E-state index in [1.54, 1.807) is 0 Å². The van der Waals surface area contributed by atoms with E-state index in [0.717, 1.165) is 25.9 Å². The number of alkyl halides is 1. The standard InChI is InChI=1S/C13H24ClNO3/c1-2-18-12-8-11(9-12)10-13(16)15-5-3-6-17-7-4-14/h11-12H,2-10H2,1H3,(H,15,16). The summed E-state index contributed by atoms with van der Waals surface area (Å²) in [7, 11) is 0. The minimum Gasteiger partial charge on any atom is -0.380 e. The van der Waals surface area contributed by atoms with Gasteiger partial charge < -0.3 is 14.8 Å². The van der Waals surface area contributed by atoms with Crippen LogP contribution in [-0.2, 0) is 14.3 Å². The summed E-state index contributed by atoms with van der Waals surface area (Å²) in [6.45, 7) is 4.69. The maximum Gasteiger partial charge on any atom is 0.220 e. The molecule has 1 N–H and O–H groups in total. The Hall–Kier alpha value is -0.320. The quantitative estimate of drug-likeness (QED) is 0.490. The molecule has 0 aromatic carbocycles. The smallest absolute Gasteiger partial charge is 0.220 e. The van der Waals surface area contributed by atoms with Crippen LogP contribution < -0.4 is 5.32 Å². The average Bonchev–Trinajstić information content (AvgIpc) is 2.31. The average molecular weight is 278 g/mol. The van der Waals surface area contributed by atoms with Gasteiger partial charge >= 0.3 is 0 Å². The van der Waals surface area contributed by atoms with Gasteiger partial charge in [-0.3, -0.25) is 4.79 Å². The van der Waals surface area contributed by atoms with Gasteiger partial charge in [-0.15, -0.1) is 11.6 Å². The molecule has 0 radical (unpaired) electrons. The van der Waals surface area contributed by atoms with Gasteiger partial charge in [0.15, 0.2) is 0 Å². The summed E-state index contributed by atoms with van der Waals surface area (Å²) >= 11 is 5.47. The fourth-order valence-electron chi connectivity index (χ4n) is 2.11. The Bertz CT molecular complexity index is 232. The van der Waals surface area contributed by atoms with Crippen molar-refractivity contribution in [2.75, 3.05) is 32.2 Å². The van der Waals surface area contributed by atoms with Crippen molar-refractivity contribution < 1.29 is 14.3 Å². The fraction of sp³-hybridized carbons (Fsp3) is 0.923. The van der Waals surface area contributed by atoms with Crippen LogP contribution >= 0.6 is 11.6 Å². The Morgan fingerprint density at radius 3 is 2.83 bits per heavy atom. The van der Waals surface area contributed by atoms with Gasteiger partial charge in [-0.1, -0.05) is 0 Å². The number of nitrogens with one attached hydrogen (secondary N) is 1. The first-order valence-corrected chi connectivity index (χ1v) is 7.31. The number of carbonyl (C=O) groups excluding carboxylic acids is 1. The van der Waals surface area contributed by atoms with E-state index in [9.17, 15) is 4.79 Å². The topological polar surface area (TPSA) is 47.6 Å². The predicted molar refractivity (Wildman–Crippen MR) is 71.9 cm³/mol. The number of hydrogen-bond donors (Lipinski definition) is 1. The van der Waals surface area contributed by atoms with Crippen LogP contribution in [0.25, 0.3) is 0 Å². The molecule has 0 aromatic rings. The monoisotopic (exact) mass is 277 g/mol. The summed E-state index contributed by atoms with van der Waals surface area (Å²) in [5.74, 6) is 1.18. The Balaban J connectivity index is 1.89. The molecule has 0 spiro atoms. The summed E-state index contributed by atoms with van der Waals surface area (Å²) in [4.78, 5) is 11.6. The second-order valence-corrected chi connectivity index (χ2v) is 5.00. The third kappa shape index (κ3) is 6.57. The molecule has 0 aliphatic heterocycles. The van der Waals surface area contributed by atoms with Crippen molar-refractivity contribution in [1.29, 1.82) is 0 Å². The zero-order valence-electron chi connectivity index (χ0n) is 11.1. The lowest BCUT2D eigenvalue weighted by molar-refractivity contribution is -0.124. The van der Waals surface area contributed by atoms with Crippen LogP contribution in [0.5, 0.6) is 0 Å². The van der Waals surface area contributed by atoms with Crippen LogP contribution in [0, 0.1) is 5.92 Å². The largest absolute Gasteiger partial charge is 0.380 e. The van der Waals surface area contributed by atoms with Gasteiger partial charge in [0.2, 0.25) is 5.91 Å². The van der Waals surface area contributed by atoms with Gasteiger partial charge in [0.25, 0.3) is 0 Å². The minimum atomic E-state index is 0.146. The van der Waals surface area contributed by atoms with E-state index in [-0.39, 0.29) is 5.91 Å². The van der Waals surface area contributed by atoms with Crippen LogP contribution in [0.15, 0.2) is 0 Å². The van der Waals surface area contributed by atoms with Gasteiger partial charge in [-0.05, 0) is 32.1 Å². The molecule has 5 heteroatoms. The molecule has 18 heavy (non-hydrogen) atoms. The van der Waals surface area contributed by atoms with Crippen molar-refractivity contribution in [3.8, 4) is 0 Å². The maximum atomic E-state index is 11.6. The van der Waals surface area contributed by atoms with Crippen LogP contribution in [-0.4, -0.2) is 44.3 Å². The molecule has 1 aliphatic carbocycles. The molecule has 0 heterocycles. The highest BCUT2D eigenvalue weighted by molar-refractivity contribution is 6.17. The molecule has 0 saturated heterocycles. The van der Waals surface area contributed by atoms with E-state index in [2.05, 4.69) is 5.32 Å². The van der Waals surface area contributed by atoms with Crippen LogP contribution in [0.2, 0.25) is 0 Å². The summed E-state index contributed by atoms with van der Waals surface area (Å²) in [6.07, 6.45) is 3.91. The number of amides is 1. The first-order valence-electron chi connectivity index (χ1n) is 6.78. The highest BCUT2D eigenvalue weighted by Gasteiger charge is 2.30. The lowest BCUT2D eigenvalue weighted by atomic mass is 9.80. The second-order valence-electron chi connectivity index (χ2n) is 4.62. The molecule has 1 saturated carbocycles. The summed E-state index contributed by atoms with van der Waals surface area (Å²) < 4.78 is 10.7. The van der Waals surface area contributed by atoms with Crippen LogP contribution in [0.3, 0.4) is 0 Å². The van der Waals surface area contributed by atoms with E-state index in [4.69, 9.17) is 21.1 Å². The molecule has 0 bridgehead atoms. The number of rotatable bonds is 10. The zero-order valence-corrected chi connectivity index (χ0v) is 11.9. The molecule has 4 nitrogen and oxygen atoms in total. The molecule has 1 rings (SSSR count). The molecule has 0 aromatic heterocycles. The van der Waals surface area contributed by atoms with Gasteiger partial charge in [0.05, 0.1) is 12.7 Å². The Morgan fingerprint density at radius 1 is 1.39 bits per heavy atom. The Kier molecular flexibility index (Phi) is 8.38. The first kappa shape index (κ1) is 15.7.